The molecular weight excluding hydrogens is 418 g/mol. The zero-order chi connectivity index (χ0) is 22.8. The maximum Gasteiger partial charge on any atom is 0.325 e. The molecule has 1 N–H and O–H groups in total. The molecule has 172 valence electrons. The summed E-state index contributed by atoms with van der Waals surface area (Å²) in [5.74, 6) is -0.166. The minimum atomic E-state index is -0.895. The molecule has 1 atom stereocenters. The van der Waals surface area contributed by atoms with Gasteiger partial charge in [0, 0.05) is 37.9 Å². The lowest BCUT2D eigenvalue weighted by Gasteiger charge is -2.39. The van der Waals surface area contributed by atoms with E-state index < -0.39 is 5.54 Å². The number of carbonyl (C=O) groups is 3. The number of urea groups is 1. The second kappa shape index (κ2) is 8.94. The van der Waals surface area contributed by atoms with Crippen molar-refractivity contribution in [1.29, 1.82) is 0 Å². The number of benzene rings is 1. The van der Waals surface area contributed by atoms with Crippen LogP contribution in [0.25, 0.3) is 0 Å². The maximum atomic E-state index is 13.5. The third-order valence-corrected chi connectivity index (χ3v) is 7.08. The minimum Gasteiger partial charge on any atom is -0.338 e. The highest BCUT2D eigenvalue weighted by molar-refractivity contribution is 6.07. The molecule has 1 aromatic heterocycles. The van der Waals surface area contributed by atoms with Crippen molar-refractivity contribution in [2.45, 2.75) is 43.8 Å². The number of likely N-dealkylation sites (tertiary alicyclic amines) is 2. The highest BCUT2D eigenvalue weighted by atomic mass is 16.2. The highest BCUT2D eigenvalue weighted by Gasteiger charge is 2.54. The average molecular weight is 448 g/mol. The van der Waals surface area contributed by atoms with E-state index in [1.807, 2.05) is 36.4 Å². The molecule has 2 aromatic rings. The predicted octanol–water partition coefficient (Wildman–Crippen LogP) is 2.27. The van der Waals surface area contributed by atoms with Gasteiger partial charge in [-0.25, -0.2) is 4.79 Å². The van der Waals surface area contributed by atoms with Gasteiger partial charge in [0.15, 0.2) is 0 Å². The van der Waals surface area contributed by atoms with Gasteiger partial charge < -0.3 is 10.2 Å². The first-order valence-corrected chi connectivity index (χ1v) is 11.7. The number of rotatable bonds is 4. The molecule has 1 spiro atoms. The Hall–Kier alpha value is -3.26. The number of aromatic nitrogens is 1. The summed E-state index contributed by atoms with van der Waals surface area (Å²) in [6, 6.07) is 14.6. The van der Waals surface area contributed by atoms with Gasteiger partial charge in [-0.05, 0) is 56.5 Å². The Morgan fingerprint density at radius 2 is 1.79 bits per heavy atom. The van der Waals surface area contributed by atoms with Crippen LogP contribution in [0.3, 0.4) is 0 Å². The molecule has 0 aliphatic carbocycles. The smallest absolute Gasteiger partial charge is 0.325 e. The van der Waals surface area contributed by atoms with Crippen molar-refractivity contribution < 1.29 is 14.4 Å². The van der Waals surface area contributed by atoms with E-state index >= 15 is 0 Å². The number of hydrogen-bond donors (Lipinski definition) is 1. The number of nitrogens with one attached hydrogen (secondary N) is 1. The molecule has 0 radical (unpaired) electrons. The Morgan fingerprint density at radius 1 is 1.03 bits per heavy atom. The van der Waals surface area contributed by atoms with Crippen LogP contribution in [0.5, 0.6) is 0 Å². The third kappa shape index (κ3) is 4.23. The van der Waals surface area contributed by atoms with Crippen molar-refractivity contribution in [3.63, 3.8) is 0 Å². The third-order valence-electron chi connectivity index (χ3n) is 7.08. The molecule has 3 saturated heterocycles. The highest BCUT2D eigenvalue weighted by Crippen LogP contribution is 2.33. The second-order valence-electron chi connectivity index (χ2n) is 9.20. The molecule has 33 heavy (non-hydrogen) atoms. The van der Waals surface area contributed by atoms with E-state index in [0.29, 0.717) is 44.6 Å². The molecule has 3 aliphatic rings. The van der Waals surface area contributed by atoms with Crippen LogP contribution in [0, 0.1) is 0 Å². The van der Waals surface area contributed by atoms with E-state index in [2.05, 4.69) is 15.2 Å². The van der Waals surface area contributed by atoms with Crippen molar-refractivity contribution in [1.82, 2.24) is 25.0 Å². The molecule has 1 aromatic carbocycles. The average Bonchev–Trinajstić information content (AvgIpc) is 3.09. The fourth-order valence-corrected chi connectivity index (χ4v) is 5.27. The Balaban J connectivity index is 1.23. The standard InChI is InChI=1S/C25H29N5O3/c31-22(19-7-2-1-3-8-19)29-15-11-25(12-16-29)23(32)30(24(33)27-25)21-10-6-14-28(18-21)17-20-9-4-5-13-26-20/h1-5,7-9,13,21H,6,10-12,14-18H2,(H,27,33)/t21-/m0/s1. The molecule has 0 bridgehead atoms. The van der Waals surface area contributed by atoms with Crippen molar-refractivity contribution in [3.8, 4) is 0 Å². The van der Waals surface area contributed by atoms with Crippen molar-refractivity contribution in [2.75, 3.05) is 26.2 Å². The summed E-state index contributed by atoms with van der Waals surface area (Å²) in [4.78, 5) is 49.1. The zero-order valence-electron chi connectivity index (χ0n) is 18.7. The van der Waals surface area contributed by atoms with Gasteiger partial charge in [-0.3, -0.25) is 24.4 Å². The molecule has 3 fully saturated rings. The monoisotopic (exact) mass is 447 g/mol. The Labute approximate surface area is 193 Å². The van der Waals surface area contributed by atoms with Crippen LogP contribution in [0.15, 0.2) is 54.7 Å². The number of piperidine rings is 2. The van der Waals surface area contributed by atoms with E-state index in [1.165, 1.54) is 4.90 Å². The SMILES string of the molecule is O=C(c1ccccc1)N1CCC2(CC1)NC(=O)N([C@H]1CCCN(Cc3ccccn3)C1)C2=O. The first kappa shape index (κ1) is 21.6. The second-order valence-corrected chi connectivity index (χ2v) is 9.20. The lowest BCUT2D eigenvalue weighted by molar-refractivity contribution is -0.135. The molecule has 3 aliphatic heterocycles. The summed E-state index contributed by atoms with van der Waals surface area (Å²) in [7, 11) is 0. The first-order valence-electron chi connectivity index (χ1n) is 11.7. The number of nitrogens with zero attached hydrogens (tertiary/aromatic N) is 4. The predicted molar refractivity (Wildman–Crippen MR) is 122 cm³/mol. The molecule has 4 heterocycles. The van der Waals surface area contributed by atoms with Crippen LogP contribution in [0.1, 0.15) is 41.7 Å². The number of carbonyl (C=O) groups excluding carboxylic acids is 3. The van der Waals surface area contributed by atoms with Crippen LogP contribution >= 0.6 is 0 Å². The summed E-state index contributed by atoms with van der Waals surface area (Å²) < 4.78 is 0. The van der Waals surface area contributed by atoms with E-state index in [-0.39, 0.29) is 23.9 Å². The zero-order valence-corrected chi connectivity index (χ0v) is 18.7. The van der Waals surface area contributed by atoms with E-state index in [4.69, 9.17) is 0 Å². The fraction of sp³-hybridized carbons (Fsp3) is 0.440. The van der Waals surface area contributed by atoms with Gasteiger partial charge in [0.05, 0.1) is 11.7 Å². The van der Waals surface area contributed by atoms with Gasteiger partial charge in [-0.15, -0.1) is 0 Å². The fourth-order valence-electron chi connectivity index (χ4n) is 5.27. The molecule has 4 amide bonds. The minimum absolute atomic E-state index is 0.0310. The molecular formula is C25H29N5O3. The lowest BCUT2D eigenvalue weighted by Crippen LogP contribution is -2.56. The Bertz CT molecular complexity index is 1020. The number of amides is 4. The van der Waals surface area contributed by atoms with Crippen LogP contribution < -0.4 is 5.32 Å². The summed E-state index contributed by atoms with van der Waals surface area (Å²) in [5.41, 5.74) is 0.739. The van der Waals surface area contributed by atoms with Crippen LogP contribution in [-0.2, 0) is 11.3 Å². The topological polar surface area (TPSA) is 85.8 Å². The van der Waals surface area contributed by atoms with Crippen LogP contribution in [0.4, 0.5) is 4.79 Å². The van der Waals surface area contributed by atoms with Gasteiger partial charge in [-0.2, -0.15) is 0 Å². The van der Waals surface area contributed by atoms with Gasteiger partial charge in [0.1, 0.15) is 5.54 Å². The van der Waals surface area contributed by atoms with Gasteiger partial charge in [0.2, 0.25) is 0 Å². The van der Waals surface area contributed by atoms with Crippen molar-refractivity contribution in [2.24, 2.45) is 0 Å². The quantitative estimate of drug-likeness (QED) is 0.727. The number of hydrogen-bond acceptors (Lipinski definition) is 5. The Morgan fingerprint density at radius 3 is 2.52 bits per heavy atom. The lowest BCUT2D eigenvalue weighted by atomic mass is 9.86. The first-order chi connectivity index (χ1) is 16.1. The maximum absolute atomic E-state index is 13.5. The van der Waals surface area contributed by atoms with Gasteiger partial charge >= 0.3 is 6.03 Å². The molecule has 8 nitrogen and oxygen atoms in total. The number of pyridine rings is 1. The number of imide groups is 1. The molecule has 8 heteroatoms. The summed E-state index contributed by atoms with van der Waals surface area (Å²) in [5, 5.41) is 3.00. The van der Waals surface area contributed by atoms with Crippen molar-refractivity contribution in [3.05, 3.63) is 66.0 Å². The summed E-state index contributed by atoms with van der Waals surface area (Å²) in [6.45, 7) is 3.19. The van der Waals surface area contributed by atoms with Crippen LogP contribution in [-0.4, -0.2) is 75.3 Å². The van der Waals surface area contributed by atoms with E-state index in [1.54, 1.807) is 23.2 Å². The van der Waals surface area contributed by atoms with E-state index in [0.717, 1.165) is 25.1 Å². The molecule has 0 unspecified atom stereocenters. The largest absolute Gasteiger partial charge is 0.338 e. The normalized spacial score (nSPS) is 23.1. The van der Waals surface area contributed by atoms with E-state index in [9.17, 15) is 14.4 Å². The van der Waals surface area contributed by atoms with Crippen molar-refractivity contribution >= 4 is 17.8 Å². The molecule has 5 rings (SSSR count). The van der Waals surface area contributed by atoms with Gasteiger partial charge in [0.25, 0.3) is 11.8 Å². The summed E-state index contributed by atoms with van der Waals surface area (Å²) >= 11 is 0. The molecule has 0 saturated carbocycles. The summed E-state index contributed by atoms with van der Waals surface area (Å²) in [6.07, 6.45) is 4.41. The Kier molecular flexibility index (Phi) is 5.85. The van der Waals surface area contributed by atoms with Crippen LogP contribution in [0.2, 0.25) is 0 Å². The van der Waals surface area contributed by atoms with Gasteiger partial charge in [-0.1, -0.05) is 24.3 Å².